The van der Waals surface area contributed by atoms with Crippen LogP contribution >= 0.6 is 0 Å². The van der Waals surface area contributed by atoms with Crippen LogP contribution in [0.25, 0.3) is 0 Å². The number of carbonyl (C=O) groups excluding carboxylic acids is 2. The molecule has 6 heteroatoms. The molecule has 1 aliphatic rings. The van der Waals surface area contributed by atoms with Crippen LogP contribution in [0.5, 0.6) is 5.75 Å². The van der Waals surface area contributed by atoms with E-state index in [9.17, 15) is 9.59 Å². The number of benzene rings is 1. The van der Waals surface area contributed by atoms with Gasteiger partial charge in [-0.1, -0.05) is 12.1 Å². The third-order valence-electron chi connectivity index (χ3n) is 3.43. The molecular formula is C14H19N3O3. The lowest BCUT2D eigenvalue weighted by Gasteiger charge is -2.25. The van der Waals surface area contributed by atoms with Crippen molar-refractivity contribution in [3.05, 3.63) is 29.3 Å². The minimum atomic E-state index is -0.887. The van der Waals surface area contributed by atoms with Gasteiger partial charge in [0.2, 0.25) is 0 Å². The maximum atomic E-state index is 11.6. The van der Waals surface area contributed by atoms with Crippen LogP contribution in [-0.2, 0) is 11.2 Å². The number of amides is 3. The first-order chi connectivity index (χ1) is 9.49. The summed E-state index contributed by atoms with van der Waals surface area (Å²) in [5.74, 6) is 0.0833. The fourth-order valence-corrected chi connectivity index (χ4v) is 2.43. The summed E-state index contributed by atoms with van der Waals surface area (Å²) in [5.41, 5.74) is 13.1. The van der Waals surface area contributed by atoms with Gasteiger partial charge in [0.05, 0.1) is 0 Å². The third kappa shape index (κ3) is 3.08. The number of fused-ring (bicyclic) bond motifs is 1. The normalized spacial score (nSPS) is 18.8. The van der Waals surface area contributed by atoms with Crippen molar-refractivity contribution in [1.82, 2.24) is 5.32 Å². The fraction of sp³-hybridized carbons (Fsp3) is 0.429. The van der Waals surface area contributed by atoms with E-state index in [2.05, 4.69) is 0 Å². The standard InChI is InChI=1S/C14H19N3O3/c1-8(13(18)17-14(16)19)20-12-7-3-4-9-10(12)5-2-6-11(9)15/h3-4,7-8,11H,2,5-6,15H2,1H3,(H3,16,17,18,19). The van der Waals surface area contributed by atoms with Crippen LogP contribution in [0.3, 0.4) is 0 Å². The molecule has 0 fully saturated rings. The maximum Gasteiger partial charge on any atom is 0.318 e. The molecule has 0 heterocycles. The van der Waals surface area contributed by atoms with Gasteiger partial charge in [-0.2, -0.15) is 0 Å². The lowest BCUT2D eigenvalue weighted by molar-refractivity contribution is -0.126. The second-order valence-electron chi connectivity index (χ2n) is 4.94. The van der Waals surface area contributed by atoms with Crippen molar-refractivity contribution in [3.63, 3.8) is 0 Å². The molecule has 0 aliphatic heterocycles. The summed E-state index contributed by atoms with van der Waals surface area (Å²) in [4.78, 5) is 22.3. The molecule has 0 saturated heterocycles. The zero-order valence-electron chi connectivity index (χ0n) is 11.4. The van der Waals surface area contributed by atoms with E-state index in [1.54, 1.807) is 6.92 Å². The Morgan fingerprint density at radius 1 is 1.45 bits per heavy atom. The first-order valence-corrected chi connectivity index (χ1v) is 6.63. The number of primary amides is 1. The molecule has 0 bridgehead atoms. The molecule has 0 radical (unpaired) electrons. The van der Waals surface area contributed by atoms with Gasteiger partial charge in [-0.05, 0) is 43.4 Å². The maximum absolute atomic E-state index is 11.6. The van der Waals surface area contributed by atoms with Crippen LogP contribution < -0.4 is 21.5 Å². The van der Waals surface area contributed by atoms with E-state index >= 15 is 0 Å². The fourth-order valence-electron chi connectivity index (χ4n) is 2.43. The molecule has 0 aromatic heterocycles. The van der Waals surface area contributed by atoms with Gasteiger partial charge < -0.3 is 16.2 Å². The summed E-state index contributed by atoms with van der Waals surface area (Å²) in [6.45, 7) is 1.57. The van der Waals surface area contributed by atoms with Gasteiger partial charge in [0.1, 0.15) is 5.75 Å². The second kappa shape index (κ2) is 5.92. The van der Waals surface area contributed by atoms with Crippen LogP contribution in [-0.4, -0.2) is 18.0 Å². The number of nitrogens with two attached hydrogens (primary N) is 2. The van der Waals surface area contributed by atoms with Crippen molar-refractivity contribution in [1.29, 1.82) is 0 Å². The Morgan fingerprint density at radius 3 is 2.90 bits per heavy atom. The number of hydrogen-bond donors (Lipinski definition) is 3. The Morgan fingerprint density at radius 2 is 2.20 bits per heavy atom. The Balaban J connectivity index is 2.16. The zero-order valence-corrected chi connectivity index (χ0v) is 11.4. The largest absolute Gasteiger partial charge is 0.481 e. The summed E-state index contributed by atoms with van der Waals surface area (Å²) >= 11 is 0. The van der Waals surface area contributed by atoms with Crippen molar-refractivity contribution in [3.8, 4) is 5.75 Å². The molecule has 2 rings (SSSR count). The predicted molar refractivity (Wildman–Crippen MR) is 74.1 cm³/mol. The highest BCUT2D eigenvalue weighted by Gasteiger charge is 2.22. The average Bonchev–Trinajstić information content (AvgIpc) is 2.39. The molecule has 3 amide bonds. The molecule has 5 N–H and O–H groups in total. The van der Waals surface area contributed by atoms with E-state index in [1.165, 1.54) is 0 Å². The summed E-state index contributed by atoms with van der Waals surface area (Å²) < 4.78 is 5.65. The van der Waals surface area contributed by atoms with Crippen LogP contribution in [0.2, 0.25) is 0 Å². The smallest absolute Gasteiger partial charge is 0.318 e. The van der Waals surface area contributed by atoms with Gasteiger partial charge in [0.15, 0.2) is 6.10 Å². The van der Waals surface area contributed by atoms with Gasteiger partial charge in [-0.3, -0.25) is 10.1 Å². The molecule has 1 aromatic carbocycles. The summed E-state index contributed by atoms with van der Waals surface area (Å²) in [7, 11) is 0. The first kappa shape index (κ1) is 14.3. The highest BCUT2D eigenvalue weighted by Crippen LogP contribution is 2.34. The highest BCUT2D eigenvalue weighted by molar-refractivity contribution is 5.95. The van der Waals surface area contributed by atoms with E-state index in [0.717, 1.165) is 30.4 Å². The summed E-state index contributed by atoms with van der Waals surface area (Å²) in [6, 6.07) is 4.78. The Hall–Kier alpha value is -2.08. The van der Waals surface area contributed by atoms with Gasteiger partial charge in [-0.15, -0.1) is 0 Å². The molecule has 2 atom stereocenters. The van der Waals surface area contributed by atoms with E-state index in [1.807, 2.05) is 23.5 Å². The number of ether oxygens (including phenoxy) is 1. The second-order valence-corrected chi connectivity index (χ2v) is 4.94. The Bertz CT molecular complexity index is 530. The minimum absolute atomic E-state index is 0.0112. The molecule has 6 nitrogen and oxygen atoms in total. The molecular weight excluding hydrogens is 258 g/mol. The van der Waals surface area contributed by atoms with Crippen molar-refractivity contribution in [2.24, 2.45) is 11.5 Å². The van der Waals surface area contributed by atoms with Gasteiger partial charge >= 0.3 is 6.03 Å². The molecule has 0 saturated carbocycles. The molecule has 1 aromatic rings. The minimum Gasteiger partial charge on any atom is -0.481 e. The number of rotatable bonds is 3. The van der Waals surface area contributed by atoms with Crippen molar-refractivity contribution < 1.29 is 14.3 Å². The first-order valence-electron chi connectivity index (χ1n) is 6.63. The highest BCUT2D eigenvalue weighted by atomic mass is 16.5. The number of urea groups is 1. The molecule has 0 spiro atoms. The molecule has 20 heavy (non-hydrogen) atoms. The lowest BCUT2D eigenvalue weighted by Crippen LogP contribution is -2.42. The molecule has 1 aliphatic carbocycles. The zero-order chi connectivity index (χ0) is 14.7. The van der Waals surface area contributed by atoms with E-state index in [-0.39, 0.29) is 6.04 Å². The van der Waals surface area contributed by atoms with E-state index < -0.39 is 18.0 Å². The Labute approximate surface area is 117 Å². The Kier molecular flexibility index (Phi) is 4.24. The average molecular weight is 277 g/mol. The van der Waals surface area contributed by atoms with Crippen LogP contribution in [0.1, 0.15) is 36.9 Å². The monoisotopic (exact) mass is 277 g/mol. The quantitative estimate of drug-likeness (QED) is 0.765. The van der Waals surface area contributed by atoms with E-state index in [4.69, 9.17) is 16.2 Å². The van der Waals surface area contributed by atoms with Crippen LogP contribution in [0, 0.1) is 0 Å². The van der Waals surface area contributed by atoms with Gasteiger partial charge in [0, 0.05) is 6.04 Å². The lowest BCUT2D eigenvalue weighted by atomic mass is 9.87. The van der Waals surface area contributed by atoms with Gasteiger partial charge in [-0.25, -0.2) is 4.79 Å². The topological polar surface area (TPSA) is 107 Å². The van der Waals surface area contributed by atoms with Gasteiger partial charge in [0.25, 0.3) is 5.91 Å². The number of imide groups is 1. The summed E-state index contributed by atoms with van der Waals surface area (Å²) in [6.07, 6.45) is 2.03. The third-order valence-corrected chi connectivity index (χ3v) is 3.43. The summed E-state index contributed by atoms with van der Waals surface area (Å²) in [5, 5.41) is 2.00. The molecule has 2 unspecified atom stereocenters. The molecule has 108 valence electrons. The van der Waals surface area contributed by atoms with Crippen LogP contribution in [0.4, 0.5) is 4.79 Å². The van der Waals surface area contributed by atoms with Crippen molar-refractivity contribution in [2.45, 2.75) is 38.3 Å². The SMILES string of the molecule is CC(Oc1cccc2c1CCCC2N)C(=O)NC(N)=O. The number of carbonyl (C=O) groups is 2. The van der Waals surface area contributed by atoms with Crippen molar-refractivity contribution in [2.75, 3.05) is 0 Å². The van der Waals surface area contributed by atoms with Crippen molar-refractivity contribution >= 4 is 11.9 Å². The number of hydrogen-bond acceptors (Lipinski definition) is 4. The van der Waals surface area contributed by atoms with E-state index in [0.29, 0.717) is 5.75 Å². The van der Waals surface area contributed by atoms with Crippen LogP contribution in [0.15, 0.2) is 18.2 Å². The predicted octanol–water partition coefficient (Wildman–Crippen LogP) is 0.985. The number of nitrogens with one attached hydrogen (secondary N) is 1.